The molecule has 1 saturated heterocycles. The molecule has 0 amide bonds. The standard InChI is InChI=1S/C13H27N3.HI/c1-6-14-12(15-9-11(2)3)16-8-7-13(4,5)10-16;/h11H,6-10H2,1-5H3,(H,14,15);1H. The average molecular weight is 353 g/mol. The van der Waals surface area contributed by atoms with Crippen molar-refractivity contribution >= 4 is 29.9 Å². The molecule has 0 aromatic heterocycles. The number of aliphatic imine (C=N–C) groups is 1. The van der Waals surface area contributed by atoms with Crippen LogP contribution in [-0.2, 0) is 0 Å². The van der Waals surface area contributed by atoms with E-state index in [0.717, 1.165) is 32.1 Å². The first-order valence-electron chi connectivity index (χ1n) is 6.48. The van der Waals surface area contributed by atoms with Crippen LogP contribution in [0.4, 0.5) is 0 Å². The predicted octanol–water partition coefficient (Wildman–Crippen LogP) is 2.96. The minimum atomic E-state index is 0. The van der Waals surface area contributed by atoms with Crippen molar-refractivity contribution in [1.29, 1.82) is 0 Å². The first kappa shape index (κ1) is 17.0. The van der Waals surface area contributed by atoms with E-state index in [9.17, 15) is 0 Å². The van der Waals surface area contributed by atoms with E-state index in [4.69, 9.17) is 4.99 Å². The zero-order chi connectivity index (χ0) is 12.2. The summed E-state index contributed by atoms with van der Waals surface area (Å²) in [6.07, 6.45) is 1.26. The zero-order valence-corrected chi connectivity index (χ0v) is 14.2. The number of rotatable bonds is 3. The summed E-state index contributed by atoms with van der Waals surface area (Å²) < 4.78 is 0. The average Bonchev–Trinajstić information content (AvgIpc) is 2.53. The highest BCUT2D eigenvalue weighted by Gasteiger charge is 2.30. The lowest BCUT2D eigenvalue weighted by atomic mass is 9.93. The molecule has 0 spiro atoms. The predicted molar refractivity (Wildman–Crippen MR) is 86.2 cm³/mol. The van der Waals surface area contributed by atoms with E-state index < -0.39 is 0 Å². The number of hydrogen-bond acceptors (Lipinski definition) is 1. The van der Waals surface area contributed by atoms with Gasteiger partial charge in [-0.05, 0) is 24.7 Å². The molecule has 3 nitrogen and oxygen atoms in total. The van der Waals surface area contributed by atoms with Crippen LogP contribution < -0.4 is 5.32 Å². The van der Waals surface area contributed by atoms with Crippen LogP contribution in [-0.4, -0.2) is 37.0 Å². The Morgan fingerprint density at radius 1 is 1.41 bits per heavy atom. The van der Waals surface area contributed by atoms with Crippen molar-refractivity contribution in [2.75, 3.05) is 26.2 Å². The molecule has 0 aromatic rings. The summed E-state index contributed by atoms with van der Waals surface area (Å²) in [6.45, 7) is 15.3. The molecule has 1 rings (SSSR count). The van der Waals surface area contributed by atoms with Gasteiger partial charge in [0.25, 0.3) is 0 Å². The van der Waals surface area contributed by atoms with Crippen molar-refractivity contribution in [1.82, 2.24) is 10.2 Å². The van der Waals surface area contributed by atoms with Crippen LogP contribution in [0.1, 0.15) is 41.0 Å². The molecule has 1 aliphatic rings. The van der Waals surface area contributed by atoms with Gasteiger partial charge in [0.2, 0.25) is 0 Å². The highest BCUT2D eigenvalue weighted by molar-refractivity contribution is 14.0. The van der Waals surface area contributed by atoms with E-state index in [1.807, 2.05) is 0 Å². The third-order valence-corrected chi connectivity index (χ3v) is 2.92. The molecule has 0 aromatic carbocycles. The SMILES string of the molecule is CCNC(=NCC(C)C)N1CCC(C)(C)C1.I. The first-order chi connectivity index (χ1) is 7.44. The second-order valence-corrected chi connectivity index (χ2v) is 5.92. The van der Waals surface area contributed by atoms with Crippen molar-refractivity contribution in [3.8, 4) is 0 Å². The lowest BCUT2D eigenvalue weighted by molar-refractivity contribution is 0.369. The fourth-order valence-electron chi connectivity index (χ4n) is 1.99. The van der Waals surface area contributed by atoms with Crippen molar-refractivity contribution < 1.29 is 0 Å². The lowest BCUT2D eigenvalue weighted by Gasteiger charge is -2.23. The summed E-state index contributed by atoms with van der Waals surface area (Å²) in [5.41, 5.74) is 0.439. The Hall–Kier alpha value is 0. The molecule has 17 heavy (non-hydrogen) atoms. The number of hydrogen-bond donors (Lipinski definition) is 1. The van der Waals surface area contributed by atoms with Gasteiger partial charge in [-0.15, -0.1) is 24.0 Å². The topological polar surface area (TPSA) is 27.6 Å². The van der Waals surface area contributed by atoms with Gasteiger partial charge in [0.1, 0.15) is 0 Å². The maximum Gasteiger partial charge on any atom is 0.193 e. The van der Waals surface area contributed by atoms with Crippen molar-refractivity contribution in [3.63, 3.8) is 0 Å². The fourth-order valence-corrected chi connectivity index (χ4v) is 1.99. The molecule has 0 atom stereocenters. The van der Waals surface area contributed by atoms with Crippen LogP contribution in [0.5, 0.6) is 0 Å². The molecule has 0 aliphatic carbocycles. The van der Waals surface area contributed by atoms with Gasteiger partial charge in [0.05, 0.1) is 0 Å². The van der Waals surface area contributed by atoms with E-state index >= 15 is 0 Å². The van der Waals surface area contributed by atoms with Gasteiger partial charge < -0.3 is 10.2 Å². The van der Waals surface area contributed by atoms with E-state index in [-0.39, 0.29) is 24.0 Å². The number of nitrogens with zero attached hydrogens (tertiary/aromatic N) is 2. The summed E-state index contributed by atoms with van der Waals surface area (Å²) in [5.74, 6) is 1.73. The number of likely N-dealkylation sites (tertiary alicyclic amines) is 1. The van der Waals surface area contributed by atoms with Gasteiger partial charge in [-0.2, -0.15) is 0 Å². The monoisotopic (exact) mass is 353 g/mol. The van der Waals surface area contributed by atoms with Crippen molar-refractivity contribution in [2.24, 2.45) is 16.3 Å². The van der Waals surface area contributed by atoms with Crippen LogP contribution in [0, 0.1) is 11.3 Å². The molecule has 0 saturated carbocycles. The smallest absolute Gasteiger partial charge is 0.193 e. The normalized spacial score (nSPS) is 19.4. The summed E-state index contributed by atoms with van der Waals surface area (Å²) in [4.78, 5) is 7.09. The van der Waals surface area contributed by atoms with Gasteiger partial charge in [0.15, 0.2) is 5.96 Å². The second kappa shape index (κ2) is 7.44. The summed E-state index contributed by atoms with van der Waals surface area (Å²) in [7, 11) is 0. The molecule has 1 aliphatic heterocycles. The Morgan fingerprint density at radius 3 is 2.47 bits per heavy atom. The van der Waals surface area contributed by atoms with Gasteiger partial charge in [-0.25, -0.2) is 0 Å². The molecule has 1 N–H and O–H groups in total. The van der Waals surface area contributed by atoms with Gasteiger partial charge in [0, 0.05) is 26.2 Å². The van der Waals surface area contributed by atoms with E-state index in [2.05, 4.69) is 44.8 Å². The van der Waals surface area contributed by atoms with Crippen molar-refractivity contribution in [3.05, 3.63) is 0 Å². The van der Waals surface area contributed by atoms with E-state index in [1.54, 1.807) is 0 Å². The van der Waals surface area contributed by atoms with Crippen LogP contribution in [0.25, 0.3) is 0 Å². The van der Waals surface area contributed by atoms with Gasteiger partial charge in [-0.3, -0.25) is 4.99 Å². The van der Waals surface area contributed by atoms with Gasteiger partial charge >= 0.3 is 0 Å². The zero-order valence-electron chi connectivity index (χ0n) is 11.9. The first-order valence-corrected chi connectivity index (χ1v) is 6.48. The molecule has 0 bridgehead atoms. The van der Waals surface area contributed by atoms with Crippen LogP contribution >= 0.6 is 24.0 Å². The third kappa shape index (κ3) is 5.93. The highest BCUT2D eigenvalue weighted by atomic mass is 127. The van der Waals surface area contributed by atoms with Crippen molar-refractivity contribution in [2.45, 2.75) is 41.0 Å². The maximum atomic E-state index is 4.69. The highest BCUT2D eigenvalue weighted by Crippen LogP contribution is 2.28. The third-order valence-electron chi connectivity index (χ3n) is 2.92. The Kier molecular flexibility index (Phi) is 7.44. The largest absolute Gasteiger partial charge is 0.357 e. The molecule has 0 unspecified atom stereocenters. The maximum absolute atomic E-state index is 4.69. The van der Waals surface area contributed by atoms with Gasteiger partial charge in [-0.1, -0.05) is 27.7 Å². The van der Waals surface area contributed by atoms with Crippen LogP contribution in [0.15, 0.2) is 4.99 Å². The van der Waals surface area contributed by atoms with Crippen LogP contribution in [0.3, 0.4) is 0 Å². The molecular formula is C13H28IN3. The van der Waals surface area contributed by atoms with E-state index in [1.165, 1.54) is 6.42 Å². The molecule has 4 heteroatoms. The quantitative estimate of drug-likeness (QED) is 0.480. The Labute approximate surface area is 123 Å². The molecule has 0 radical (unpaired) electrons. The minimum absolute atomic E-state index is 0. The fraction of sp³-hybridized carbons (Fsp3) is 0.923. The van der Waals surface area contributed by atoms with Crippen LogP contribution in [0.2, 0.25) is 0 Å². The Bertz CT molecular complexity index is 249. The summed E-state index contributed by atoms with van der Waals surface area (Å²) >= 11 is 0. The Balaban J connectivity index is 0.00000256. The second-order valence-electron chi connectivity index (χ2n) is 5.92. The molecule has 1 heterocycles. The minimum Gasteiger partial charge on any atom is -0.357 e. The number of halogens is 1. The molecular weight excluding hydrogens is 325 g/mol. The van der Waals surface area contributed by atoms with E-state index in [0.29, 0.717) is 11.3 Å². The Morgan fingerprint density at radius 2 is 2.06 bits per heavy atom. The summed E-state index contributed by atoms with van der Waals surface area (Å²) in [6, 6.07) is 0. The molecule has 102 valence electrons. The summed E-state index contributed by atoms with van der Waals surface area (Å²) in [5, 5.41) is 3.39. The molecule has 1 fully saturated rings. The number of guanidine groups is 1. The number of nitrogens with one attached hydrogen (secondary N) is 1. The lowest BCUT2D eigenvalue weighted by Crippen LogP contribution is -2.41.